The molecule has 2 fully saturated rings. The molecule has 1 saturated heterocycles. The molecule has 0 aromatic carbocycles. The highest BCUT2D eigenvalue weighted by molar-refractivity contribution is 7.19. The summed E-state index contributed by atoms with van der Waals surface area (Å²) in [6.07, 6.45) is 7.58. The molecular weight excluding hydrogens is 392 g/mol. The van der Waals surface area contributed by atoms with Gasteiger partial charge in [-0.1, -0.05) is 33.6 Å². The van der Waals surface area contributed by atoms with E-state index in [4.69, 9.17) is 14.7 Å². The van der Waals surface area contributed by atoms with Gasteiger partial charge in [0.25, 0.3) is 0 Å². The van der Waals surface area contributed by atoms with E-state index in [1.807, 2.05) is 11.3 Å². The van der Waals surface area contributed by atoms with Gasteiger partial charge in [-0.3, -0.25) is 4.90 Å². The van der Waals surface area contributed by atoms with Gasteiger partial charge in [0.2, 0.25) is 0 Å². The predicted molar refractivity (Wildman–Crippen MR) is 124 cm³/mol. The van der Waals surface area contributed by atoms with Crippen LogP contribution in [0.25, 0.3) is 10.2 Å². The highest BCUT2D eigenvalue weighted by Crippen LogP contribution is 2.41. The van der Waals surface area contributed by atoms with Crippen molar-refractivity contribution in [3.05, 3.63) is 16.3 Å². The molecule has 1 N–H and O–H groups in total. The van der Waals surface area contributed by atoms with Crippen LogP contribution in [0.4, 0.5) is 5.82 Å². The van der Waals surface area contributed by atoms with Gasteiger partial charge in [-0.25, -0.2) is 9.97 Å². The molecule has 2 aliphatic carbocycles. The van der Waals surface area contributed by atoms with Gasteiger partial charge in [0.1, 0.15) is 16.5 Å². The summed E-state index contributed by atoms with van der Waals surface area (Å²) < 4.78 is 5.53. The zero-order chi connectivity index (χ0) is 20.7. The maximum absolute atomic E-state index is 5.53. The van der Waals surface area contributed by atoms with Crippen LogP contribution in [0, 0.1) is 17.8 Å². The molecule has 0 amide bonds. The second kappa shape index (κ2) is 8.71. The lowest BCUT2D eigenvalue weighted by Gasteiger charge is -2.35. The molecule has 2 aromatic rings. The van der Waals surface area contributed by atoms with Gasteiger partial charge in [0.15, 0.2) is 0 Å². The number of rotatable bonds is 4. The third-order valence-corrected chi connectivity index (χ3v) is 8.85. The Labute approximate surface area is 184 Å². The van der Waals surface area contributed by atoms with E-state index in [2.05, 4.69) is 31.0 Å². The van der Waals surface area contributed by atoms with Gasteiger partial charge < -0.3 is 10.1 Å². The fourth-order valence-electron chi connectivity index (χ4n) is 5.48. The van der Waals surface area contributed by atoms with Crippen LogP contribution in [0.2, 0.25) is 0 Å². The molecule has 3 heterocycles. The topological polar surface area (TPSA) is 50.3 Å². The Bertz CT molecular complexity index is 891. The van der Waals surface area contributed by atoms with Crippen molar-refractivity contribution >= 4 is 27.4 Å². The largest absolute Gasteiger partial charge is 0.379 e. The van der Waals surface area contributed by atoms with Gasteiger partial charge >= 0.3 is 0 Å². The molecule has 1 aliphatic heterocycles. The predicted octanol–water partition coefficient (Wildman–Crippen LogP) is 4.88. The molecule has 164 valence electrons. The molecule has 1 saturated carbocycles. The Hall–Kier alpha value is -1.24. The lowest BCUT2D eigenvalue weighted by molar-refractivity contribution is 0.0331. The third kappa shape index (κ3) is 4.11. The number of anilines is 1. The Morgan fingerprint density at radius 3 is 2.77 bits per heavy atom. The first-order valence-electron chi connectivity index (χ1n) is 12.0. The number of aryl methyl sites for hydroxylation is 1. The summed E-state index contributed by atoms with van der Waals surface area (Å²) >= 11 is 1.92. The smallest absolute Gasteiger partial charge is 0.146 e. The van der Waals surface area contributed by atoms with Crippen molar-refractivity contribution < 1.29 is 4.74 Å². The lowest BCUT2D eigenvalue weighted by atomic mass is 9.78. The van der Waals surface area contributed by atoms with Crippen LogP contribution in [0.3, 0.4) is 0 Å². The van der Waals surface area contributed by atoms with Crippen LogP contribution in [-0.2, 0) is 24.1 Å². The zero-order valence-electron chi connectivity index (χ0n) is 18.7. The number of fused-ring (bicyclic) bond motifs is 3. The number of morpholine rings is 1. The van der Waals surface area contributed by atoms with Crippen molar-refractivity contribution in [2.45, 2.75) is 71.9 Å². The van der Waals surface area contributed by atoms with Gasteiger partial charge in [-0.05, 0) is 49.0 Å². The highest BCUT2D eigenvalue weighted by Gasteiger charge is 2.30. The van der Waals surface area contributed by atoms with E-state index in [0.29, 0.717) is 12.0 Å². The first kappa shape index (κ1) is 20.7. The van der Waals surface area contributed by atoms with Crippen LogP contribution in [-0.4, -0.2) is 47.2 Å². The summed E-state index contributed by atoms with van der Waals surface area (Å²) in [6, 6.07) is 0.515. The number of ether oxygens (including phenoxy) is 1. The van der Waals surface area contributed by atoms with Crippen molar-refractivity contribution in [3.63, 3.8) is 0 Å². The van der Waals surface area contributed by atoms with E-state index in [9.17, 15) is 0 Å². The van der Waals surface area contributed by atoms with E-state index in [1.165, 1.54) is 54.3 Å². The summed E-state index contributed by atoms with van der Waals surface area (Å²) in [5.41, 5.74) is 1.53. The number of thiophene rings is 1. The normalized spacial score (nSPS) is 30.4. The molecule has 5 rings (SSSR count). The standard InChI is InChI=1S/C24H36N4OS/c1-15-7-8-18-20(13-15)30-24-22(18)23(25-19-6-4-5-16(2)17(19)3)26-21(27-24)14-28-9-11-29-12-10-28/h15-17,19H,4-14H2,1-3H3,(H,25,26,27). The number of hydrogen-bond acceptors (Lipinski definition) is 6. The Morgan fingerprint density at radius 1 is 1.10 bits per heavy atom. The Kier molecular flexibility index (Phi) is 6.00. The molecule has 30 heavy (non-hydrogen) atoms. The fourth-order valence-corrected chi connectivity index (χ4v) is 6.88. The van der Waals surface area contributed by atoms with Crippen molar-refractivity contribution in [2.75, 3.05) is 31.6 Å². The molecule has 4 atom stereocenters. The highest BCUT2D eigenvalue weighted by atomic mass is 32.1. The summed E-state index contributed by atoms with van der Waals surface area (Å²) in [5.74, 6) is 4.32. The quantitative estimate of drug-likeness (QED) is 0.752. The van der Waals surface area contributed by atoms with Gasteiger partial charge in [0, 0.05) is 24.0 Å². The van der Waals surface area contributed by atoms with Crippen LogP contribution in [0.15, 0.2) is 0 Å². The van der Waals surface area contributed by atoms with E-state index in [0.717, 1.165) is 56.3 Å². The SMILES string of the molecule is CC1CCc2c(sc3nc(CN4CCOCC4)nc(NC4CCCC(C)C4C)c23)C1. The van der Waals surface area contributed by atoms with Gasteiger partial charge in [0.05, 0.1) is 25.1 Å². The molecule has 2 aromatic heterocycles. The number of nitrogens with zero attached hydrogens (tertiary/aromatic N) is 3. The summed E-state index contributed by atoms with van der Waals surface area (Å²) in [4.78, 5) is 15.4. The van der Waals surface area contributed by atoms with Gasteiger partial charge in [-0.15, -0.1) is 11.3 Å². The number of hydrogen-bond donors (Lipinski definition) is 1. The maximum atomic E-state index is 5.53. The summed E-state index contributed by atoms with van der Waals surface area (Å²) in [7, 11) is 0. The minimum atomic E-state index is 0.515. The van der Waals surface area contributed by atoms with Gasteiger partial charge in [-0.2, -0.15) is 0 Å². The minimum Gasteiger partial charge on any atom is -0.379 e. The summed E-state index contributed by atoms with van der Waals surface area (Å²) in [5, 5.41) is 5.27. The monoisotopic (exact) mass is 428 g/mol. The summed E-state index contributed by atoms with van der Waals surface area (Å²) in [6.45, 7) is 11.6. The fraction of sp³-hybridized carbons (Fsp3) is 0.750. The molecule has 0 radical (unpaired) electrons. The molecule has 0 spiro atoms. The van der Waals surface area contributed by atoms with E-state index in [-0.39, 0.29) is 0 Å². The van der Waals surface area contributed by atoms with Crippen LogP contribution in [0.1, 0.15) is 62.7 Å². The second-order valence-electron chi connectivity index (χ2n) is 9.93. The van der Waals surface area contributed by atoms with Crippen molar-refractivity contribution in [3.8, 4) is 0 Å². The molecule has 0 bridgehead atoms. The average molecular weight is 429 g/mol. The number of nitrogens with one attached hydrogen (secondary N) is 1. The van der Waals surface area contributed by atoms with E-state index >= 15 is 0 Å². The maximum Gasteiger partial charge on any atom is 0.146 e. The van der Waals surface area contributed by atoms with Crippen LogP contribution >= 0.6 is 11.3 Å². The first-order valence-corrected chi connectivity index (χ1v) is 12.8. The Morgan fingerprint density at radius 2 is 1.93 bits per heavy atom. The third-order valence-electron chi connectivity index (χ3n) is 7.70. The van der Waals surface area contributed by atoms with Crippen molar-refractivity contribution in [1.82, 2.24) is 14.9 Å². The van der Waals surface area contributed by atoms with Crippen LogP contribution < -0.4 is 5.32 Å². The van der Waals surface area contributed by atoms with E-state index < -0.39 is 0 Å². The van der Waals surface area contributed by atoms with Crippen molar-refractivity contribution in [2.24, 2.45) is 17.8 Å². The average Bonchev–Trinajstić information content (AvgIpc) is 3.09. The molecule has 5 nitrogen and oxygen atoms in total. The zero-order valence-corrected chi connectivity index (χ0v) is 19.6. The minimum absolute atomic E-state index is 0.515. The Balaban J connectivity index is 1.51. The first-order chi connectivity index (χ1) is 14.6. The van der Waals surface area contributed by atoms with E-state index in [1.54, 1.807) is 4.88 Å². The molecule has 3 aliphatic rings. The molecular formula is C24H36N4OS. The van der Waals surface area contributed by atoms with Crippen molar-refractivity contribution in [1.29, 1.82) is 0 Å². The van der Waals surface area contributed by atoms with Crippen LogP contribution in [0.5, 0.6) is 0 Å². The lowest BCUT2D eigenvalue weighted by Crippen LogP contribution is -2.37. The second-order valence-corrected chi connectivity index (χ2v) is 11.0. The number of aromatic nitrogens is 2. The molecule has 4 unspecified atom stereocenters. The molecule has 6 heteroatoms.